The van der Waals surface area contributed by atoms with Crippen molar-refractivity contribution in [1.29, 1.82) is 0 Å². The van der Waals surface area contributed by atoms with Gasteiger partial charge in [-0.25, -0.2) is 8.78 Å². The van der Waals surface area contributed by atoms with E-state index in [1.165, 1.54) is 30.1 Å². The van der Waals surface area contributed by atoms with Crippen molar-refractivity contribution in [2.24, 2.45) is 0 Å². The summed E-state index contributed by atoms with van der Waals surface area (Å²) in [6.45, 7) is 0.714. The number of nitrogens with zero attached hydrogens (tertiary/aromatic N) is 2. The smallest absolute Gasteiger partial charge is 0.149 e. The van der Waals surface area contributed by atoms with Crippen LogP contribution < -0.4 is 10.6 Å². The predicted molar refractivity (Wildman–Crippen MR) is 110 cm³/mol. The Morgan fingerprint density at radius 3 is 2.61 bits per heavy atom. The zero-order valence-electron chi connectivity index (χ0n) is 15.1. The molecule has 0 unspecified atom stereocenters. The number of nitrogens with one attached hydrogen (secondary N) is 2. The first kappa shape index (κ1) is 18.5. The Bertz CT molecular complexity index is 1090. The minimum Gasteiger partial charge on any atom is -0.351 e. The summed E-state index contributed by atoms with van der Waals surface area (Å²) < 4.78 is 30.0. The Labute approximate surface area is 165 Å². The van der Waals surface area contributed by atoms with E-state index in [1.54, 1.807) is 12.4 Å². The lowest BCUT2D eigenvalue weighted by molar-refractivity contribution is 0.591. The third-order valence-corrected chi connectivity index (χ3v) is 5.24. The SMILES string of the molecule is CNCc1cn(Sc2cccnc2)c2cc(Nc3c(F)cccc3F)ccc12. The molecule has 0 spiro atoms. The molecule has 4 rings (SSSR count). The molecule has 142 valence electrons. The highest BCUT2D eigenvalue weighted by Gasteiger charge is 2.13. The van der Waals surface area contributed by atoms with Crippen LogP contribution in [0, 0.1) is 11.6 Å². The van der Waals surface area contributed by atoms with Gasteiger partial charge in [0.25, 0.3) is 0 Å². The molecule has 0 bridgehead atoms. The lowest BCUT2D eigenvalue weighted by Gasteiger charge is -2.10. The van der Waals surface area contributed by atoms with Crippen LogP contribution in [0.2, 0.25) is 0 Å². The molecule has 2 aromatic heterocycles. The predicted octanol–water partition coefficient (Wildman–Crippen LogP) is 5.33. The first-order valence-electron chi connectivity index (χ1n) is 8.73. The van der Waals surface area contributed by atoms with Crippen molar-refractivity contribution in [3.8, 4) is 0 Å². The number of pyridine rings is 1. The lowest BCUT2D eigenvalue weighted by atomic mass is 10.1. The number of fused-ring (bicyclic) bond motifs is 1. The highest BCUT2D eigenvalue weighted by molar-refractivity contribution is 7.98. The fraction of sp³-hybridized carbons (Fsp3) is 0.0952. The van der Waals surface area contributed by atoms with E-state index in [-0.39, 0.29) is 5.69 Å². The molecule has 4 aromatic rings. The summed E-state index contributed by atoms with van der Waals surface area (Å²) in [5.41, 5.74) is 2.53. The third-order valence-electron chi connectivity index (χ3n) is 4.29. The summed E-state index contributed by atoms with van der Waals surface area (Å²) in [6.07, 6.45) is 5.59. The highest BCUT2D eigenvalue weighted by atomic mass is 32.2. The van der Waals surface area contributed by atoms with E-state index in [9.17, 15) is 8.78 Å². The molecule has 4 nitrogen and oxygen atoms in total. The van der Waals surface area contributed by atoms with E-state index in [4.69, 9.17) is 0 Å². The number of benzene rings is 2. The van der Waals surface area contributed by atoms with Crippen LogP contribution in [0.3, 0.4) is 0 Å². The number of para-hydroxylation sites is 1. The van der Waals surface area contributed by atoms with Crippen molar-refractivity contribution in [3.05, 3.63) is 84.3 Å². The Morgan fingerprint density at radius 1 is 1.07 bits per heavy atom. The summed E-state index contributed by atoms with van der Waals surface area (Å²) in [6, 6.07) is 13.4. The minimum atomic E-state index is -0.629. The van der Waals surface area contributed by atoms with Gasteiger partial charge in [-0.1, -0.05) is 12.1 Å². The van der Waals surface area contributed by atoms with E-state index in [1.807, 2.05) is 41.4 Å². The molecule has 2 heterocycles. The molecule has 0 saturated carbocycles. The summed E-state index contributed by atoms with van der Waals surface area (Å²) in [5.74, 6) is -1.26. The second kappa shape index (κ2) is 8.00. The van der Waals surface area contributed by atoms with E-state index in [0.717, 1.165) is 21.4 Å². The maximum absolute atomic E-state index is 14.0. The van der Waals surface area contributed by atoms with E-state index in [0.29, 0.717) is 12.2 Å². The standard InChI is InChI=1S/C21H18F2N4S/c1-24-11-14-13-27(28-16-4-3-9-25-12-16)20-10-15(7-8-17(14)20)26-21-18(22)5-2-6-19(21)23/h2-10,12-13,24,26H,11H2,1H3. The van der Waals surface area contributed by atoms with Gasteiger partial charge in [0.05, 0.1) is 5.52 Å². The molecule has 0 saturated heterocycles. The lowest BCUT2D eigenvalue weighted by Crippen LogP contribution is -2.04. The van der Waals surface area contributed by atoms with Crippen molar-refractivity contribution in [2.75, 3.05) is 12.4 Å². The maximum Gasteiger partial charge on any atom is 0.149 e. The van der Waals surface area contributed by atoms with Crippen molar-refractivity contribution < 1.29 is 8.78 Å². The third kappa shape index (κ3) is 3.72. The number of anilines is 2. The second-order valence-electron chi connectivity index (χ2n) is 6.24. The van der Waals surface area contributed by atoms with Gasteiger partial charge in [0.15, 0.2) is 0 Å². The maximum atomic E-state index is 14.0. The zero-order valence-corrected chi connectivity index (χ0v) is 15.9. The second-order valence-corrected chi connectivity index (χ2v) is 7.29. The van der Waals surface area contributed by atoms with E-state index in [2.05, 4.69) is 21.8 Å². The molecule has 2 N–H and O–H groups in total. The van der Waals surface area contributed by atoms with Crippen LogP contribution in [0.4, 0.5) is 20.2 Å². The molecule has 0 atom stereocenters. The highest BCUT2D eigenvalue weighted by Crippen LogP contribution is 2.32. The van der Waals surface area contributed by atoms with Crippen molar-refractivity contribution >= 4 is 34.2 Å². The first-order chi connectivity index (χ1) is 13.7. The fourth-order valence-electron chi connectivity index (χ4n) is 3.03. The Kier molecular flexibility index (Phi) is 5.27. The van der Waals surface area contributed by atoms with Crippen molar-refractivity contribution in [1.82, 2.24) is 14.3 Å². The quantitative estimate of drug-likeness (QED) is 0.462. The van der Waals surface area contributed by atoms with Crippen molar-refractivity contribution in [3.63, 3.8) is 0 Å². The summed E-state index contributed by atoms with van der Waals surface area (Å²) >= 11 is 1.54. The van der Waals surface area contributed by atoms with Gasteiger partial charge < -0.3 is 10.6 Å². The number of hydrogen-bond donors (Lipinski definition) is 2. The van der Waals surface area contributed by atoms with Gasteiger partial charge in [0, 0.05) is 41.1 Å². The molecular weight excluding hydrogens is 378 g/mol. The minimum absolute atomic E-state index is 0.157. The van der Waals surface area contributed by atoms with Gasteiger partial charge in [-0.3, -0.25) is 8.96 Å². The van der Waals surface area contributed by atoms with Gasteiger partial charge >= 0.3 is 0 Å². The normalized spacial score (nSPS) is 11.1. The van der Waals surface area contributed by atoms with Gasteiger partial charge in [-0.05, 0) is 61.0 Å². The summed E-state index contributed by atoms with van der Waals surface area (Å²) in [5, 5.41) is 7.11. The Balaban J connectivity index is 1.75. The molecule has 0 aliphatic rings. The molecule has 28 heavy (non-hydrogen) atoms. The van der Waals surface area contributed by atoms with Crippen LogP contribution in [0.15, 0.2) is 72.0 Å². The largest absolute Gasteiger partial charge is 0.351 e. The van der Waals surface area contributed by atoms with Gasteiger partial charge in [-0.2, -0.15) is 0 Å². The fourth-order valence-corrected chi connectivity index (χ4v) is 3.93. The van der Waals surface area contributed by atoms with Crippen LogP contribution >= 0.6 is 11.9 Å². The Morgan fingerprint density at radius 2 is 1.89 bits per heavy atom. The topological polar surface area (TPSA) is 41.9 Å². The van der Waals surface area contributed by atoms with Crippen LogP contribution in [0.25, 0.3) is 10.9 Å². The Hall–Kier alpha value is -2.90. The van der Waals surface area contributed by atoms with Gasteiger partial charge in [0.1, 0.15) is 17.3 Å². The molecule has 0 radical (unpaired) electrons. The van der Waals surface area contributed by atoms with Gasteiger partial charge in [-0.15, -0.1) is 0 Å². The van der Waals surface area contributed by atoms with Crippen LogP contribution in [0.5, 0.6) is 0 Å². The van der Waals surface area contributed by atoms with Gasteiger partial charge in [0.2, 0.25) is 0 Å². The summed E-state index contributed by atoms with van der Waals surface area (Å²) in [7, 11) is 1.90. The van der Waals surface area contributed by atoms with Crippen LogP contribution in [0.1, 0.15) is 5.56 Å². The monoisotopic (exact) mass is 396 g/mol. The average Bonchev–Trinajstić information content (AvgIpc) is 3.03. The molecule has 7 heteroatoms. The van der Waals surface area contributed by atoms with E-state index < -0.39 is 11.6 Å². The number of rotatable bonds is 6. The molecule has 0 amide bonds. The molecular formula is C21H18F2N4S. The van der Waals surface area contributed by atoms with E-state index >= 15 is 0 Å². The van der Waals surface area contributed by atoms with Crippen molar-refractivity contribution in [2.45, 2.75) is 11.4 Å². The van der Waals surface area contributed by atoms with Crippen LogP contribution in [-0.4, -0.2) is 16.0 Å². The summed E-state index contributed by atoms with van der Waals surface area (Å²) in [4.78, 5) is 5.15. The zero-order chi connectivity index (χ0) is 19.5. The molecule has 2 aromatic carbocycles. The molecule has 0 fully saturated rings. The number of hydrogen-bond acceptors (Lipinski definition) is 4. The first-order valence-corrected chi connectivity index (χ1v) is 9.51. The molecule has 0 aliphatic carbocycles. The number of halogens is 2. The van der Waals surface area contributed by atoms with Crippen LogP contribution in [-0.2, 0) is 6.54 Å². The molecule has 0 aliphatic heterocycles. The number of aromatic nitrogens is 2. The average molecular weight is 396 g/mol.